The van der Waals surface area contributed by atoms with Crippen LogP contribution in [0.5, 0.6) is 0 Å². The Morgan fingerprint density at radius 1 is 1.71 bits per heavy atom. The zero-order valence-electron chi connectivity index (χ0n) is 8.95. The molecule has 0 saturated carbocycles. The highest BCUT2D eigenvalue weighted by Crippen LogP contribution is 1.99. The van der Waals surface area contributed by atoms with E-state index in [9.17, 15) is 4.79 Å². The van der Waals surface area contributed by atoms with Crippen molar-refractivity contribution in [3.63, 3.8) is 0 Å². The van der Waals surface area contributed by atoms with E-state index < -0.39 is 0 Å². The van der Waals surface area contributed by atoms with E-state index in [4.69, 9.17) is 5.73 Å². The molecule has 0 aliphatic rings. The Hall–Kier alpha value is -0.480. The third-order valence-corrected chi connectivity index (χ3v) is 2.52. The van der Waals surface area contributed by atoms with Gasteiger partial charge >= 0.3 is 0 Å². The Labute approximate surface area is 90.5 Å². The molecule has 0 aliphatic carbocycles. The van der Waals surface area contributed by atoms with Crippen LogP contribution in [-0.2, 0) is 4.79 Å². The molecular formula is C10H20N2OS. The number of carbonyl (C=O) groups is 1. The van der Waals surface area contributed by atoms with Gasteiger partial charge in [0.2, 0.25) is 5.91 Å². The molecule has 0 aromatic heterocycles. The lowest BCUT2D eigenvalue weighted by Gasteiger charge is -2.15. The molecule has 2 atom stereocenters. The fraction of sp³-hybridized carbons (Fsp3) is 0.700. The lowest BCUT2D eigenvalue weighted by Crippen LogP contribution is -2.44. The Morgan fingerprint density at radius 2 is 2.36 bits per heavy atom. The molecule has 0 bridgehead atoms. The van der Waals surface area contributed by atoms with Gasteiger partial charge in [0.05, 0.1) is 6.04 Å². The first-order chi connectivity index (χ1) is 6.61. The third-order valence-electron chi connectivity index (χ3n) is 1.88. The largest absolute Gasteiger partial charge is 0.352 e. The number of amides is 1. The molecule has 3 N–H and O–H groups in total. The molecule has 0 radical (unpaired) electrons. The second-order valence-electron chi connectivity index (χ2n) is 3.32. The van der Waals surface area contributed by atoms with Gasteiger partial charge in [0.1, 0.15) is 0 Å². The number of hydrogen-bond donors (Lipinski definition) is 2. The normalized spacial score (nSPS) is 14.5. The number of hydrogen-bond acceptors (Lipinski definition) is 3. The van der Waals surface area contributed by atoms with Crippen LogP contribution in [0, 0.1) is 0 Å². The summed E-state index contributed by atoms with van der Waals surface area (Å²) in [6, 6.07) is -0.255. The van der Waals surface area contributed by atoms with Gasteiger partial charge in [-0.05, 0) is 31.8 Å². The zero-order valence-corrected chi connectivity index (χ0v) is 9.77. The summed E-state index contributed by atoms with van der Waals surface area (Å²) in [6.45, 7) is 5.56. The Balaban J connectivity index is 3.76. The monoisotopic (exact) mass is 216 g/mol. The standard InChI is InChI=1S/C10H20N2OS/c1-4-5-8(2)12-10(13)9(11)6-7-14-3/h4,8-9H,1,5-7,11H2,2-3H3,(H,12,13)/t8?,9-/m1/s1. The molecule has 0 aromatic rings. The summed E-state index contributed by atoms with van der Waals surface area (Å²) in [7, 11) is 0. The molecule has 0 spiro atoms. The predicted octanol–water partition coefficient (Wildman–Crippen LogP) is 1.15. The van der Waals surface area contributed by atoms with Crippen LogP contribution in [0.15, 0.2) is 12.7 Å². The van der Waals surface area contributed by atoms with Gasteiger partial charge < -0.3 is 11.1 Å². The van der Waals surface area contributed by atoms with Crippen molar-refractivity contribution in [1.29, 1.82) is 0 Å². The van der Waals surface area contributed by atoms with Crippen LogP contribution in [0.2, 0.25) is 0 Å². The van der Waals surface area contributed by atoms with Crippen molar-refractivity contribution < 1.29 is 4.79 Å². The topological polar surface area (TPSA) is 55.1 Å². The number of carbonyl (C=O) groups excluding carboxylic acids is 1. The van der Waals surface area contributed by atoms with Crippen LogP contribution in [-0.4, -0.2) is 30.0 Å². The summed E-state index contributed by atoms with van der Waals surface area (Å²) < 4.78 is 0. The highest BCUT2D eigenvalue weighted by Gasteiger charge is 2.14. The lowest BCUT2D eigenvalue weighted by atomic mass is 10.2. The smallest absolute Gasteiger partial charge is 0.237 e. The average molecular weight is 216 g/mol. The van der Waals surface area contributed by atoms with Crippen molar-refractivity contribution in [2.75, 3.05) is 12.0 Å². The molecule has 0 fully saturated rings. The Bertz CT molecular complexity index is 185. The van der Waals surface area contributed by atoms with Crippen LogP contribution < -0.4 is 11.1 Å². The SMILES string of the molecule is C=CCC(C)NC(=O)[C@H](N)CCSC. The summed E-state index contributed by atoms with van der Waals surface area (Å²) in [5.74, 6) is 0.859. The van der Waals surface area contributed by atoms with Gasteiger partial charge in [-0.1, -0.05) is 6.08 Å². The van der Waals surface area contributed by atoms with E-state index in [0.717, 1.165) is 18.6 Å². The molecule has 1 unspecified atom stereocenters. The van der Waals surface area contributed by atoms with Crippen molar-refractivity contribution >= 4 is 17.7 Å². The molecule has 0 saturated heterocycles. The van der Waals surface area contributed by atoms with Crippen molar-refractivity contribution in [2.45, 2.75) is 31.8 Å². The summed E-state index contributed by atoms with van der Waals surface area (Å²) in [5.41, 5.74) is 5.70. The summed E-state index contributed by atoms with van der Waals surface area (Å²) >= 11 is 1.70. The van der Waals surface area contributed by atoms with Crippen molar-refractivity contribution in [3.8, 4) is 0 Å². The van der Waals surface area contributed by atoms with E-state index in [2.05, 4.69) is 11.9 Å². The number of rotatable bonds is 7. The maximum atomic E-state index is 11.5. The average Bonchev–Trinajstić information content (AvgIpc) is 2.14. The molecule has 0 heterocycles. The van der Waals surface area contributed by atoms with Gasteiger partial charge in [-0.3, -0.25) is 4.79 Å². The van der Waals surface area contributed by atoms with E-state index in [-0.39, 0.29) is 18.0 Å². The van der Waals surface area contributed by atoms with E-state index in [0.29, 0.717) is 0 Å². The van der Waals surface area contributed by atoms with Crippen molar-refractivity contribution in [3.05, 3.63) is 12.7 Å². The van der Waals surface area contributed by atoms with Gasteiger partial charge in [-0.2, -0.15) is 11.8 Å². The van der Waals surface area contributed by atoms with Gasteiger partial charge in [0.15, 0.2) is 0 Å². The first kappa shape index (κ1) is 13.5. The molecule has 14 heavy (non-hydrogen) atoms. The zero-order chi connectivity index (χ0) is 11.0. The van der Waals surface area contributed by atoms with Crippen LogP contribution in [0.25, 0.3) is 0 Å². The molecule has 1 amide bonds. The molecule has 0 aliphatic heterocycles. The third kappa shape index (κ3) is 6.05. The highest BCUT2D eigenvalue weighted by molar-refractivity contribution is 7.98. The first-order valence-corrected chi connectivity index (χ1v) is 6.17. The predicted molar refractivity (Wildman–Crippen MR) is 63.4 cm³/mol. The maximum absolute atomic E-state index is 11.5. The molecule has 0 aromatic carbocycles. The summed E-state index contributed by atoms with van der Waals surface area (Å²) in [5, 5.41) is 2.85. The minimum absolute atomic E-state index is 0.0617. The molecule has 0 rings (SSSR count). The lowest BCUT2D eigenvalue weighted by molar-refractivity contribution is -0.122. The fourth-order valence-corrected chi connectivity index (χ4v) is 1.52. The van der Waals surface area contributed by atoms with Crippen LogP contribution in [0.4, 0.5) is 0 Å². The van der Waals surface area contributed by atoms with E-state index in [1.807, 2.05) is 13.2 Å². The van der Waals surface area contributed by atoms with Crippen molar-refractivity contribution in [2.24, 2.45) is 5.73 Å². The number of nitrogens with one attached hydrogen (secondary N) is 1. The minimum atomic E-state index is -0.380. The van der Waals surface area contributed by atoms with E-state index in [1.165, 1.54) is 0 Å². The van der Waals surface area contributed by atoms with Gasteiger partial charge in [0.25, 0.3) is 0 Å². The van der Waals surface area contributed by atoms with Crippen LogP contribution in [0.3, 0.4) is 0 Å². The Morgan fingerprint density at radius 3 is 2.86 bits per heavy atom. The summed E-state index contributed by atoms with van der Waals surface area (Å²) in [4.78, 5) is 11.5. The second kappa shape index (κ2) is 7.88. The molecule has 82 valence electrons. The van der Waals surface area contributed by atoms with E-state index in [1.54, 1.807) is 17.8 Å². The maximum Gasteiger partial charge on any atom is 0.237 e. The highest BCUT2D eigenvalue weighted by atomic mass is 32.2. The fourth-order valence-electron chi connectivity index (χ4n) is 1.03. The number of nitrogens with two attached hydrogens (primary N) is 1. The minimum Gasteiger partial charge on any atom is -0.352 e. The number of thioether (sulfide) groups is 1. The molecule has 3 nitrogen and oxygen atoms in total. The quantitative estimate of drug-likeness (QED) is 0.628. The van der Waals surface area contributed by atoms with Crippen LogP contribution >= 0.6 is 11.8 Å². The second-order valence-corrected chi connectivity index (χ2v) is 4.31. The van der Waals surface area contributed by atoms with Gasteiger partial charge in [0, 0.05) is 6.04 Å². The molecule has 4 heteroatoms. The Kier molecular flexibility index (Phi) is 7.61. The van der Waals surface area contributed by atoms with Gasteiger partial charge in [-0.15, -0.1) is 6.58 Å². The van der Waals surface area contributed by atoms with Gasteiger partial charge in [-0.25, -0.2) is 0 Å². The van der Waals surface area contributed by atoms with Crippen LogP contribution in [0.1, 0.15) is 19.8 Å². The van der Waals surface area contributed by atoms with Crippen molar-refractivity contribution in [1.82, 2.24) is 5.32 Å². The van der Waals surface area contributed by atoms with E-state index >= 15 is 0 Å². The summed E-state index contributed by atoms with van der Waals surface area (Å²) in [6.07, 6.45) is 5.30. The first-order valence-electron chi connectivity index (χ1n) is 4.77. The molecular weight excluding hydrogens is 196 g/mol.